The number of rotatable bonds is 5. The van der Waals surface area contributed by atoms with E-state index in [1.54, 1.807) is 42.5 Å². The van der Waals surface area contributed by atoms with E-state index in [9.17, 15) is 19.2 Å². The Bertz CT molecular complexity index is 955. The van der Waals surface area contributed by atoms with Crippen molar-refractivity contribution in [3.63, 3.8) is 0 Å². The van der Waals surface area contributed by atoms with Crippen LogP contribution in [0, 0.1) is 6.92 Å². The van der Waals surface area contributed by atoms with E-state index in [0.717, 1.165) is 16.5 Å². The highest BCUT2D eigenvalue weighted by atomic mass is 32.2. The van der Waals surface area contributed by atoms with Crippen molar-refractivity contribution in [2.75, 3.05) is 17.2 Å². The average Bonchev–Trinajstić information content (AvgIpc) is 2.92. The number of para-hydroxylation sites is 1. The second-order valence-corrected chi connectivity index (χ2v) is 7.03. The zero-order valence-electron chi connectivity index (χ0n) is 15.0. The number of hydrogen-bond acceptors (Lipinski definition) is 5. The number of hydrogen-bond donors (Lipinski definition) is 2. The maximum absolute atomic E-state index is 12.4. The van der Waals surface area contributed by atoms with Gasteiger partial charge < -0.3 is 10.6 Å². The van der Waals surface area contributed by atoms with Crippen molar-refractivity contribution < 1.29 is 19.2 Å². The second kappa shape index (κ2) is 8.53. The van der Waals surface area contributed by atoms with E-state index in [-0.39, 0.29) is 4.91 Å². The van der Waals surface area contributed by atoms with Crippen molar-refractivity contribution in [3.8, 4) is 0 Å². The van der Waals surface area contributed by atoms with Gasteiger partial charge in [-0.3, -0.25) is 24.1 Å². The second-order valence-electron chi connectivity index (χ2n) is 6.04. The Balaban J connectivity index is 1.62. The Kier molecular flexibility index (Phi) is 5.90. The van der Waals surface area contributed by atoms with E-state index < -0.39 is 29.5 Å². The maximum Gasteiger partial charge on any atom is 0.294 e. The SMILES string of the molecule is Cc1ccc(NC(=O)/C=C2\SC(=O)N(CC(=O)Nc3ccccc3)C2=O)cc1. The van der Waals surface area contributed by atoms with Crippen LogP contribution in [0.1, 0.15) is 5.56 Å². The topological polar surface area (TPSA) is 95.6 Å². The van der Waals surface area contributed by atoms with E-state index in [1.165, 1.54) is 0 Å². The van der Waals surface area contributed by atoms with E-state index in [2.05, 4.69) is 10.6 Å². The van der Waals surface area contributed by atoms with Crippen molar-refractivity contribution in [2.45, 2.75) is 6.92 Å². The standard InChI is InChI=1S/C20H17N3O4S/c1-13-7-9-15(10-8-13)21-17(24)11-16-19(26)23(20(27)28-16)12-18(25)22-14-5-3-2-4-6-14/h2-11H,12H2,1H3,(H,21,24)(H,22,25)/b16-11-. The lowest BCUT2D eigenvalue weighted by atomic mass is 10.2. The average molecular weight is 395 g/mol. The van der Waals surface area contributed by atoms with Crippen LogP contribution in [-0.2, 0) is 14.4 Å². The minimum atomic E-state index is -0.669. The summed E-state index contributed by atoms with van der Waals surface area (Å²) in [6.07, 6.45) is 1.07. The van der Waals surface area contributed by atoms with Gasteiger partial charge >= 0.3 is 0 Å². The first-order valence-corrected chi connectivity index (χ1v) is 9.22. The van der Waals surface area contributed by atoms with Crippen LogP contribution in [0.4, 0.5) is 16.2 Å². The number of thioether (sulfide) groups is 1. The smallest absolute Gasteiger partial charge is 0.294 e. The first-order valence-electron chi connectivity index (χ1n) is 8.40. The number of aryl methyl sites for hydroxylation is 1. The van der Waals surface area contributed by atoms with Crippen LogP contribution in [0.5, 0.6) is 0 Å². The van der Waals surface area contributed by atoms with E-state index in [0.29, 0.717) is 23.1 Å². The molecule has 28 heavy (non-hydrogen) atoms. The van der Waals surface area contributed by atoms with E-state index >= 15 is 0 Å². The van der Waals surface area contributed by atoms with Crippen molar-refractivity contribution in [3.05, 3.63) is 71.1 Å². The molecule has 0 saturated carbocycles. The molecule has 0 aliphatic carbocycles. The molecule has 1 aliphatic rings. The fourth-order valence-corrected chi connectivity index (χ4v) is 3.25. The van der Waals surface area contributed by atoms with Crippen molar-refractivity contribution in [2.24, 2.45) is 0 Å². The predicted octanol–water partition coefficient (Wildman–Crippen LogP) is 3.15. The third kappa shape index (κ3) is 4.86. The highest BCUT2D eigenvalue weighted by molar-refractivity contribution is 8.18. The van der Waals surface area contributed by atoms with Gasteiger partial charge in [0.25, 0.3) is 11.1 Å². The number of imide groups is 1. The third-order valence-electron chi connectivity index (χ3n) is 3.81. The highest BCUT2D eigenvalue weighted by Crippen LogP contribution is 2.30. The summed E-state index contributed by atoms with van der Waals surface area (Å²) < 4.78 is 0. The predicted molar refractivity (Wildman–Crippen MR) is 108 cm³/mol. The molecule has 2 aromatic carbocycles. The minimum Gasteiger partial charge on any atom is -0.325 e. The van der Waals surface area contributed by atoms with Gasteiger partial charge in [0.15, 0.2) is 0 Å². The molecule has 0 unspecified atom stereocenters. The van der Waals surface area contributed by atoms with Gasteiger partial charge in [-0.1, -0.05) is 35.9 Å². The molecule has 2 N–H and O–H groups in total. The molecule has 0 radical (unpaired) electrons. The summed E-state index contributed by atoms with van der Waals surface area (Å²) in [7, 11) is 0. The van der Waals surface area contributed by atoms with Gasteiger partial charge in [0.05, 0.1) is 4.91 Å². The molecule has 0 atom stereocenters. The molecule has 1 aliphatic heterocycles. The molecule has 4 amide bonds. The van der Waals surface area contributed by atoms with E-state index in [1.807, 2.05) is 19.1 Å². The summed E-state index contributed by atoms with van der Waals surface area (Å²) in [5.41, 5.74) is 2.19. The Hall–Kier alpha value is -3.39. The molecular formula is C20H17N3O4S. The van der Waals surface area contributed by atoms with Gasteiger partial charge in [0, 0.05) is 17.5 Å². The molecule has 0 aromatic heterocycles. The molecule has 1 heterocycles. The van der Waals surface area contributed by atoms with Gasteiger partial charge in [0.2, 0.25) is 11.8 Å². The van der Waals surface area contributed by atoms with Gasteiger partial charge in [0.1, 0.15) is 6.54 Å². The molecule has 7 nitrogen and oxygen atoms in total. The normalized spacial score (nSPS) is 15.0. The molecule has 0 spiro atoms. The molecule has 2 aromatic rings. The summed E-state index contributed by atoms with van der Waals surface area (Å²) in [6, 6.07) is 15.9. The first kappa shape index (κ1) is 19.4. The fraction of sp³-hybridized carbons (Fsp3) is 0.100. The number of benzene rings is 2. The minimum absolute atomic E-state index is 0.0258. The number of nitrogens with one attached hydrogen (secondary N) is 2. The van der Waals surface area contributed by atoms with Gasteiger partial charge in [-0.2, -0.15) is 0 Å². The third-order valence-corrected chi connectivity index (χ3v) is 4.72. The number of anilines is 2. The first-order chi connectivity index (χ1) is 13.4. The van der Waals surface area contributed by atoms with Gasteiger partial charge in [-0.15, -0.1) is 0 Å². The van der Waals surface area contributed by atoms with Crippen LogP contribution in [0.15, 0.2) is 65.6 Å². The van der Waals surface area contributed by atoms with Gasteiger partial charge in [-0.25, -0.2) is 0 Å². The van der Waals surface area contributed by atoms with Gasteiger partial charge in [-0.05, 0) is 43.0 Å². The molecule has 142 valence electrons. The summed E-state index contributed by atoms with van der Waals surface area (Å²) in [4.78, 5) is 49.5. The molecule has 0 bridgehead atoms. The zero-order chi connectivity index (χ0) is 20.1. The summed E-state index contributed by atoms with van der Waals surface area (Å²) in [5.74, 6) is -1.70. The number of carbonyl (C=O) groups is 4. The van der Waals surface area contributed by atoms with Crippen LogP contribution < -0.4 is 10.6 Å². The van der Waals surface area contributed by atoms with Crippen LogP contribution >= 0.6 is 11.8 Å². The van der Waals surface area contributed by atoms with Crippen molar-refractivity contribution >= 4 is 46.1 Å². The number of nitrogens with zero attached hydrogens (tertiary/aromatic N) is 1. The van der Waals surface area contributed by atoms with Crippen LogP contribution in [0.2, 0.25) is 0 Å². The number of amides is 4. The quantitative estimate of drug-likeness (QED) is 0.759. The lowest BCUT2D eigenvalue weighted by molar-refractivity contribution is -0.127. The lowest BCUT2D eigenvalue weighted by Crippen LogP contribution is -2.36. The molecule has 8 heteroatoms. The Morgan fingerprint density at radius 1 is 0.964 bits per heavy atom. The number of carbonyl (C=O) groups excluding carboxylic acids is 4. The Labute approximate surface area is 165 Å². The Morgan fingerprint density at radius 2 is 1.61 bits per heavy atom. The molecule has 3 rings (SSSR count). The molecule has 1 saturated heterocycles. The van der Waals surface area contributed by atoms with Crippen LogP contribution in [-0.4, -0.2) is 34.4 Å². The summed E-state index contributed by atoms with van der Waals surface area (Å²) >= 11 is 0.629. The summed E-state index contributed by atoms with van der Waals surface area (Å²) in [6.45, 7) is 1.51. The summed E-state index contributed by atoms with van der Waals surface area (Å²) in [5, 5.41) is 4.64. The Morgan fingerprint density at radius 3 is 2.29 bits per heavy atom. The highest BCUT2D eigenvalue weighted by Gasteiger charge is 2.36. The van der Waals surface area contributed by atoms with Crippen molar-refractivity contribution in [1.82, 2.24) is 4.90 Å². The molecule has 1 fully saturated rings. The maximum atomic E-state index is 12.4. The van der Waals surface area contributed by atoms with E-state index in [4.69, 9.17) is 0 Å². The largest absolute Gasteiger partial charge is 0.325 e. The van der Waals surface area contributed by atoms with Crippen LogP contribution in [0.3, 0.4) is 0 Å². The fourth-order valence-electron chi connectivity index (χ4n) is 2.44. The monoisotopic (exact) mass is 395 g/mol. The van der Waals surface area contributed by atoms with Crippen molar-refractivity contribution in [1.29, 1.82) is 0 Å². The lowest BCUT2D eigenvalue weighted by Gasteiger charge is -2.12. The zero-order valence-corrected chi connectivity index (χ0v) is 15.8. The van der Waals surface area contributed by atoms with Crippen LogP contribution in [0.25, 0.3) is 0 Å². The molecular weight excluding hydrogens is 378 g/mol.